The summed E-state index contributed by atoms with van der Waals surface area (Å²) < 4.78 is 10.6. The molecule has 22 heavy (non-hydrogen) atoms. The Hall–Kier alpha value is -2.27. The van der Waals surface area contributed by atoms with E-state index in [-0.39, 0.29) is 23.5 Å². The first kappa shape index (κ1) is 14.7. The third-order valence-corrected chi connectivity index (χ3v) is 4.08. The van der Waals surface area contributed by atoms with E-state index in [2.05, 4.69) is 0 Å². The van der Waals surface area contributed by atoms with Gasteiger partial charge in [0.1, 0.15) is 17.2 Å². The Morgan fingerprint density at radius 1 is 1.14 bits per heavy atom. The number of hydrogen-bond acceptors (Lipinski definition) is 5. The highest BCUT2D eigenvalue weighted by Gasteiger charge is 2.35. The summed E-state index contributed by atoms with van der Waals surface area (Å²) in [6, 6.07) is 5.24. The van der Waals surface area contributed by atoms with Crippen LogP contribution >= 0.6 is 0 Å². The molecule has 3 rings (SSSR count). The Labute approximate surface area is 128 Å². The Kier molecular flexibility index (Phi) is 3.25. The Morgan fingerprint density at radius 3 is 2.50 bits per heavy atom. The number of ketones is 1. The van der Waals surface area contributed by atoms with Crippen LogP contribution in [0.2, 0.25) is 0 Å². The van der Waals surface area contributed by atoms with Crippen molar-refractivity contribution >= 4 is 16.6 Å². The number of ether oxygens (including phenoxy) is 2. The van der Waals surface area contributed by atoms with Gasteiger partial charge < -0.3 is 19.7 Å². The van der Waals surface area contributed by atoms with Gasteiger partial charge in [-0.05, 0) is 30.0 Å². The van der Waals surface area contributed by atoms with Crippen molar-refractivity contribution in [1.82, 2.24) is 0 Å². The molecule has 0 radical (unpaired) electrons. The molecular formula is C17H18O5. The molecule has 0 bridgehead atoms. The molecule has 5 nitrogen and oxygen atoms in total. The Morgan fingerprint density at radius 2 is 1.86 bits per heavy atom. The first-order valence-electron chi connectivity index (χ1n) is 7.02. The number of hydrogen-bond donors (Lipinski definition) is 2. The van der Waals surface area contributed by atoms with E-state index in [1.165, 1.54) is 7.11 Å². The van der Waals surface area contributed by atoms with Crippen LogP contribution in [0.25, 0.3) is 10.8 Å². The summed E-state index contributed by atoms with van der Waals surface area (Å²) in [6.45, 7) is 1.63. The zero-order valence-electron chi connectivity index (χ0n) is 12.8. The molecule has 2 aromatic rings. The molecule has 1 aliphatic carbocycles. The third kappa shape index (κ3) is 2.18. The average molecular weight is 302 g/mol. The third-order valence-electron chi connectivity index (χ3n) is 4.08. The Balaban J connectivity index is 2.36. The van der Waals surface area contributed by atoms with Crippen LogP contribution in [0.4, 0.5) is 0 Å². The summed E-state index contributed by atoms with van der Waals surface area (Å²) in [5.41, 5.74) is -0.170. The van der Waals surface area contributed by atoms with Crippen molar-refractivity contribution in [1.29, 1.82) is 0 Å². The highest BCUT2D eigenvalue weighted by Crippen LogP contribution is 2.43. The molecule has 1 aliphatic rings. The lowest BCUT2D eigenvalue weighted by Gasteiger charge is -2.30. The van der Waals surface area contributed by atoms with Gasteiger partial charge >= 0.3 is 0 Å². The second-order valence-electron chi connectivity index (χ2n) is 5.96. The lowest BCUT2D eigenvalue weighted by atomic mass is 9.79. The number of aromatic hydroxyl groups is 1. The molecule has 0 aromatic heterocycles. The van der Waals surface area contributed by atoms with Crippen molar-refractivity contribution in [3.8, 4) is 17.2 Å². The van der Waals surface area contributed by atoms with Crippen molar-refractivity contribution < 1.29 is 24.5 Å². The van der Waals surface area contributed by atoms with Crippen molar-refractivity contribution in [2.75, 3.05) is 14.2 Å². The Bertz CT molecular complexity index is 776. The van der Waals surface area contributed by atoms with Crippen LogP contribution in [0, 0.1) is 0 Å². The van der Waals surface area contributed by atoms with Gasteiger partial charge in [0.15, 0.2) is 5.78 Å². The van der Waals surface area contributed by atoms with Crippen LogP contribution in [0.5, 0.6) is 17.2 Å². The van der Waals surface area contributed by atoms with E-state index in [1.807, 2.05) is 0 Å². The summed E-state index contributed by atoms with van der Waals surface area (Å²) >= 11 is 0. The van der Waals surface area contributed by atoms with E-state index in [0.717, 1.165) is 0 Å². The van der Waals surface area contributed by atoms with E-state index in [0.29, 0.717) is 34.3 Å². The first-order chi connectivity index (χ1) is 10.4. The number of carbonyl (C=O) groups is 1. The van der Waals surface area contributed by atoms with Gasteiger partial charge in [-0.2, -0.15) is 0 Å². The number of phenols is 1. The molecule has 0 saturated carbocycles. The topological polar surface area (TPSA) is 76.0 Å². The number of phenolic OH excluding ortho intramolecular Hbond substituents is 1. The van der Waals surface area contributed by atoms with E-state index < -0.39 is 5.60 Å². The van der Waals surface area contributed by atoms with Crippen molar-refractivity contribution in [3.05, 3.63) is 29.3 Å². The minimum Gasteiger partial charge on any atom is -0.506 e. The molecular weight excluding hydrogens is 284 g/mol. The quantitative estimate of drug-likeness (QED) is 0.891. The molecule has 0 amide bonds. The zero-order valence-corrected chi connectivity index (χ0v) is 12.8. The molecule has 1 atom stereocenters. The fourth-order valence-electron chi connectivity index (χ4n) is 3.15. The van der Waals surface area contributed by atoms with E-state index in [9.17, 15) is 15.0 Å². The number of aliphatic hydroxyl groups is 1. The van der Waals surface area contributed by atoms with Crippen LogP contribution in [0.1, 0.15) is 29.3 Å². The number of benzene rings is 2. The summed E-state index contributed by atoms with van der Waals surface area (Å²) in [5, 5.41) is 22.0. The number of methoxy groups -OCH3 is 2. The smallest absolute Gasteiger partial charge is 0.169 e. The molecule has 0 fully saturated rings. The van der Waals surface area contributed by atoms with E-state index >= 15 is 0 Å². The van der Waals surface area contributed by atoms with E-state index in [4.69, 9.17) is 9.47 Å². The first-order valence-corrected chi connectivity index (χ1v) is 7.02. The molecule has 116 valence electrons. The lowest BCUT2D eigenvalue weighted by molar-refractivity contribution is 0.0409. The van der Waals surface area contributed by atoms with Crippen LogP contribution in [0.15, 0.2) is 18.2 Å². The molecule has 2 N–H and O–H groups in total. The standard InChI is InChI=1S/C17H18O5/c1-17(20)7-10-4-9-5-11(21-2)6-13(22-3)15(9)16(19)14(10)12(18)8-17/h4-6,19-20H,7-8H2,1-3H3/t17-/m0/s1. The predicted molar refractivity (Wildman–Crippen MR) is 82.0 cm³/mol. The van der Waals surface area contributed by atoms with Gasteiger partial charge in [0.05, 0.1) is 30.8 Å². The van der Waals surface area contributed by atoms with Crippen LogP contribution in [-0.4, -0.2) is 35.8 Å². The van der Waals surface area contributed by atoms with Gasteiger partial charge in [-0.1, -0.05) is 0 Å². The SMILES string of the molecule is COc1cc(OC)c2c(O)c3c(cc2c1)C[C@](C)(O)CC3=O. The molecule has 0 unspecified atom stereocenters. The maximum absolute atomic E-state index is 12.3. The monoisotopic (exact) mass is 302 g/mol. The zero-order chi connectivity index (χ0) is 16.1. The van der Waals surface area contributed by atoms with Crippen molar-refractivity contribution in [2.45, 2.75) is 25.4 Å². The van der Waals surface area contributed by atoms with Crippen LogP contribution < -0.4 is 9.47 Å². The summed E-state index contributed by atoms with van der Waals surface area (Å²) in [7, 11) is 3.05. The maximum Gasteiger partial charge on any atom is 0.169 e. The van der Waals surface area contributed by atoms with E-state index in [1.54, 1.807) is 32.2 Å². The second-order valence-corrected chi connectivity index (χ2v) is 5.96. The maximum atomic E-state index is 12.3. The molecule has 0 spiro atoms. The van der Waals surface area contributed by atoms with Crippen molar-refractivity contribution in [2.24, 2.45) is 0 Å². The van der Waals surface area contributed by atoms with Gasteiger partial charge in [0.2, 0.25) is 0 Å². The second kappa shape index (κ2) is 4.88. The molecule has 5 heteroatoms. The number of carbonyl (C=O) groups excluding carboxylic acids is 1. The van der Waals surface area contributed by atoms with Crippen LogP contribution in [0.3, 0.4) is 0 Å². The number of Topliss-reactive ketones (excluding diaryl/α,β-unsaturated/α-hetero) is 1. The highest BCUT2D eigenvalue weighted by atomic mass is 16.5. The summed E-state index contributed by atoms with van der Waals surface area (Å²) in [4.78, 5) is 12.3. The molecule has 0 saturated heterocycles. The van der Waals surface area contributed by atoms with Crippen LogP contribution in [-0.2, 0) is 6.42 Å². The minimum absolute atomic E-state index is 0.00244. The average Bonchev–Trinajstić information content (AvgIpc) is 2.43. The molecule has 0 heterocycles. The minimum atomic E-state index is -1.09. The molecule has 2 aromatic carbocycles. The van der Waals surface area contributed by atoms with Gasteiger partial charge in [-0.25, -0.2) is 0 Å². The normalized spacial score (nSPS) is 20.8. The fourth-order valence-corrected chi connectivity index (χ4v) is 3.15. The summed E-state index contributed by atoms with van der Waals surface area (Å²) in [5.74, 6) is 0.688. The largest absolute Gasteiger partial charge is 0.506 e. The number of rotatable bonds is 2. The highest BCUT2D eigenvalue weighted by molar-refractivity contribution is 6.09. The van der Waals surface area contributed by atoms with Gasteiger partial charge in [0.25, 0.3) is 0 Å². The van der Waals surface area contributed by atoms with Crippen molar-refractivity contribution in [3.63, 3.8) is 0 Å². The number of fused-ring (bicyclic) bond motifs is 2. The fraction of sp³-hybridized carbons (Fsp3) is 0.353. The summed E-state index contributed by atoms with van der Waals surface area (Å²) in [6.07, 6.45) is 0.314. The lowest BCUT2D eigenvalue weighted by Crippen LogP contribution is -2.35. The van der Waals surface area contributed by atoms with Gasteiger partial charge in [0, 0.05) is 18.9 Å². The molecule has 0 aliphatic heterocycles. The predicted octanol–water partition coefficient (Wildman–Crippen LogP) is 2.44. The van der Waals surface area contributed by atoms with Gasteiger partial charge in [-0.3, -0.25) is 4.79 Å². The van der Waals surface area contributed by atoms with Gasteiger partial charge in [-0.15, -0.1) is 0 Å².